The van der Waals surface area contributed by atoms with Gasteiger partial charge < -0.3 is 15.0 Å². The Bertz CT molecular complexity index is 1180. The summed E-state index contributed by atoms with van der Waals surface area (Å²) >= 11 is 3.54. The molecule has 4 rings (SSSR count). The number of amides is 2. The highest BCUT2D eigenvalue weighted by Gasteiger charge is 2.32. The van der Waals surface area contributed by atoms with E-state index in [1.165, 1.54) is 6.42 Å². The van der Waals surface area contributed by atoms with Crippen LogP contribution in [0.4, 0.5) is 0 Å². The lowest BCUT2D eigenvalue weighted by molar-refractivity contribution is -0.143. The number of nitrogens with one attached hydrogen (secondary N) is 1. The van der Waals surface area contributed by atoms with Crippen molar-refractivity contribution in [2.75, 3.05) is 6.61 Å². The summed E-state index contributed by atoms with van der Waals surface area (Å²) in [5.74, 6) is 0.350. The van der Waals surface area contributed by atoms with Crippen LogP contribution in [0.15, 0.2) is 83.3 Å². The molecule has 1 aliphatic carbocycles. The number of aryl methyl sites for hydroxylation is 1. The van der Waals surface area contributed by atoms with E-state index in [4.69, 9.17) is 4.74 Å². The van der Waals surface area contributed by atoms with E-state index in [0.29, 0.717) is 18.7 Å². The van der Waals surface area contributed by atoms with E-state index in [2.05, 4.69) is 21.2 Å². The fourth-order valence-electron chi connectivity index (χ4n) is 4.87. The van der Waals surface area contributed by atoms with Gasteiger partial charge in [-0.1, -0.05) is 95.9 Å². The van der Waals surface area contributed by atoms with Gasteiger partial charge in [-0.15, -0.1) is 0 Å². The Kier molecular flexibility index (Phi) is 9.78. The second-order valence-corrected chi connectivity index (χ2v) is 10.7. The third-order valence-corrected chi connectivity index (χ3v) is 7.40. The molecule has 2 amide bonds. The van der Waals surface area contributed by atoms with Crippen molar-refractivity contribution >= 4 is 27.7 Å². The van der Waals surface area contributed by atoms with E-state index in [9.17, 15) is 9.59 Å². The molecular formula is C31H35BrN2O3. The molecule has 194 valence electrons. The molecule has 3 aromatic rings. The van der Waals surface area contributed by atoms with Crippen LogP contribution in [0, 0.1) is 6.92 Å². The predicted molar refractivity (Wildman–Crippen MR) is 150 cm³/mol. The molecule has 0 radical (unpaired) electrons. The number of ether oxygens (including phenoxy) is 1. The molecule has 0 aliphatic heterocycles. The van der Waals surface area contributed by atoms with Gasteiger partial charge in [0.15, 0.2) is 6.61 Å². The standard InChI is InChI=1S/C31H35BrN2O3/c1-23-11-8-9-18-29(23)37-22-30(35)34(21-25-14-10-15-26(32)19-25)28(20-24-12-4-2-5-13-24)31(36)33-27-16-6-3-7-17-27/h2,4-5,8-15,18-19,27-28H,3,6-7,16-17,20-22H2,1H3,(H,33,36). The maximum Gasteiger partial charge on any atom is 0.261 e. The first kappa shape index (κ1) is 26.9. The normalized spacial score (nSPS) is 14.5. The van der Waals surface area contributed by atoms with Crippen molar-refractivity contribution in [1.29, 1.82) is 0 Å². The summed E-state index contributed by atoms with van der Waals surface area (Å²) < 4.78 is 6.87. The zero-order chi connectivity index (χ0) is 26.0. The summed E-state index contributed by atoms with van der Waals surface area (Å²) in [4.78, 5) is 29.2. The molecule has 6 heteroatoms. The SMILES string of the molecule is Cc1ccccc1OCC(=O)N(Cc1cccc(Br)c1)C(Cc1ccccc1)C(=O)NC1CCCCC1. The molecular weight excluding hydrogens is 528 g/mol. The van der Waals surface area contributed by atoms with Crippen molar-refractivity contribution in [1.82, 2.24) is 10.2 Å². The average Bonchev–Trinajstić information content (AvgIpc) is 2.91. The highest BCUT2D eigenvalue weighted by atomic mass is 79.9. The Labute approximate surface area is 228 Å². The van der Waals surface area contributed by atoms with Gasteiger partial charge in [-0.25, -0.2) is 0 Å². The van der Waals surface area contributed by atoms with Gasteiger partial charge in [0.1, 0.15) is 11.8 Å². The van der Waals surface area contributed by atoms with Crippen LogP contribution >= 0.6 is 15.9 Å². The average molecular weight is 564 g/mol. The van der Waals surface area contributed by atoms with Crippen LogP contribution in [-0.2, 0) is 22.6 Å². The second kappa shape index (κ2) is 13.4. The van der Waals surface area contributed by atoms with Crippen molar-refractivity contribution in [3.8, 4) is 5.75 Å². The summed E-state index contributed by atoms with van der Waals surface area (Å²) in [5.41, 5.74) is 2.92. The Balaban J connectivity index is 1.62. The van der Waals surface area contributed by atoms with Crippen molar-refractivity contribution < 1.29 is 14.3 Å². The summed E-state index contributed by atoms with van der Waals surface area (Å²) in [6.45, 7) is 2.13. The van der Waals surface area contributed by atoms with E-state index in [1.807, 2.05) is 85.8 Å². The van der Waals surface area contributed by atoms with Gasteiger partial charge in [-0.3, -0.25) is 9.59 Å². The number of benzene rings is 3. The van der Waals surface area contributed by atoms with Crippen LogP contribution < -0.4 is 10.1 Å². The molecule has 3 aromatic carbocycles. The van der Waals surface area contributed by atoms with Gasteiger partial charge in [0.25, 0.3) is 5.91 Å². The minimum absolute atomic E-state index is 0.102. The van der Waals surface area contributed by atoms with E-state index in [0.717, 1.165) is 46.8 Å². The number of carbonyl (C=O) groups excluding carboxylic acids is 2. The molecule has 0 saturated heterocycles. The Morgan fingerprint density at radius 3 is 2.38 bits per heavy atom. The minimum Gasteiger partial charge on any atom is -0.484 e. The zero-order valence-corrected chi connectivity index (χ0v) is 23.0. The molecule has 5 nitrogen and oxygen atoms in total. The number of halogens is 1. The van der Waals surface area contributed by atoms with Crippen LogP contribution in [0.25, 0.3) is 0 Å². The summed E-state index contributed by atoms with van der Waals surface area (Å²) in [6, 6.07) is 24.9. The fraction of sp³-hybridized carbons (Fsp3) is 0.355. The van der Waals surface area contributed by atoms with Gasteiger partial charge in [0.2, 0.25) is 5.91 Å². The van der Waals surface area contributed by atoms with Crippen LogP contribution in [0.2, 0.25) is 0 Å². The smallest absolute Gasteiger partial charge is 0.261 e. The Morgan fingerprint density at radius 1 is 0.946 bits per heavy atom. The van der Waals surface area contributed by atoms with Crippen molar-refractivity contribution in [2.45, 2.75) is 64.1 Å². The molecule has 1 N–H and O–H groups in total. The summed E-state index contributed by atoms with van der Waals surface area (Å²) in [5, 5.41) is 3.27. The molecule has 0 heterocycles. The summed E-state index contributed by atoms with van der Waals surface area (Å²) in [7, 11) is 0. The largest absolute Gasteiger partial charge is 0.484 e. The summed E-state index contributed by atoms with van der Waals surface area (Å²) in [6.07, 6.45) is 5.87. The van der Waals surface area contributed by atoms with Gasteiger partial charge in [-0.2, -0.15) is 0 Å². The van der Waals surface area contributed by atoms with Crippen LogP contribution in [0.1, 0.15) is 48.8 Å². The van der Waals surface area contributed by atoms with Crippen molar-refractivity contribution in [3.05, 3.63) is 100 Å². The number of nitrogens with zero attached hydrogens (tertiary/aromatic N) is 1. The van der Waals surface area contributed by atoms with E-state index >= 15 is 0 Å². The van der Waals surface area contributed by atoms with Crippen LogP contribution in [-0.4, -0.2) is 35.4 Å². The highest BCUT2D eigenvalue weighted by Crippen LogP contribution is 2.22. The number of carbonyl (C=O) groups is 2. The molecule has 1 unspecified atom stereocenters. The van der Waals surface area contributed by atoms with Gasteiger partial charge >= 0.3 is 0 Å². The first-order chi connectivity index (χ1) is 18.0. The van der Waals surface area contributed by atoms with Gasteiger partial charge in [-0.05, 0) is 54.7 Å². The predicted octanol–water partition coefficient (Wildman–Crippen LogP) is 6.23. The molecule has 1 fully saturated rings. The van der Waals surface area contributed by atoms with E-state index in [1.54, 1.807) is 4.90 Å². The Morgan fingerprint density at radius 2 is 1.65 bits per heavy atom. The third-order valence-electron chi connectivity index (χ3n) is 6.91. The molecule has 0 spiro atoms. The van der Waals surface area contributed by atoms with Crippen molar-refractivity contribution in [3.63, 3.8) is 0 Å². The lowest BCUT2D eigenvalue weighted by atomic mass is 9.94. The number of hydrogen-bond acceptors (Lipinski definition) is 3. The first-order valence-corrected chi connectivity index (χ1v) is 13.9. The molecule has 0 aromatic heterocycles. The van der Waals surface area contributed by atoms with Crippen LogP contribution in [0.5, 0.6) is 5.75 Å². The third kappa shape index (κ3) is 7.93. The zero-order valence-electron chi connectivity index (χ0n) is 21.4. The number of rotatable bonds is 10. The highest BCUT2D eigenvalue weighted by molar-refractivity contribution is 9.10. The molecule has 37 heavy (non-hydrogen) atoms. The van der Waals surface area contributed by atoms with Crippen LogP contribution in [0.3, 0.4) is 0 Å². The van der Waals surface area contributed by atoms with E-state index in [-0.39, 0.29) is 24.5 Å². The first-order valence-electron chi connectivity index (χ1n) is 13.1. The molecule has 0 bridgehead atoms. The second-order valence-electron chi connectivity index (χ2n) is 9.75. The molecule has 1 atom stereocenters. The topological polar surface area (TPSA) is 58.6 Å². The minimum atomic E-state index is -0.656. The number of para-hydroxylation sites is 1. The lowest BCUT2D eigenvalue weighted by Crippen LogP contribution is -2.53. The molecule has 1 saturated carbocycles. The monoisotopic (exact) mass is 562 g/mol. The quantitative estimate of drug-likeness (QED) is 0.319. The number of hydrogen-bond donors (Lipinski definition) is 1. The Hall–Kier alpha value is -3.12. The molecule has 1 aliphatic rings. The van der Waals surface area contributed by atoms with Gasteiger partial charge in [0, 0.05) is 23.5 Å². The van der Waals surface area contributed by atoms with E-state index < -0.39 is 6.04 Å². The maximum atomic E-state index is 13.8. The van der Waals surface area contributed by atoms with Gasteiger partial charge in [0.05, 0.1) is 0 Å². The maximum absolute atomic E-state index is 13.8. The van der Waals surface area contributed by atoms with Crippen molar-refractivity contribution in [2.24, 2.45) is 0 Å². The fourth-order valence-corrected chi connectivity index (χ4v) is 5.32. The lowest BCUT2D eigenvalue weighted by Gasteiger charge is -2.33.